The summed E-state index contributed by atoms with van der Waals surface area (Å²) in [6, 6.07) is 18.7. The lowest BCUT2D eigenvalue weighted by Crippen LogP contribution is -2.37. The van der Waals surface area contributed by atoms with Crippen molar-refractivity contribution in [2.24, 2.45) is 0 Å². The second kappa shape index (κ2) is 8.55. The molecule has 0 fully saturated rings. The van der Waals surface area contributed by atoms with Gasteiger partial charge < -0.3 is 14.4 Å². The fourth-order valence-corrected chi connectivity index (χ4v) is 4.86. The molecular weight excluding hydrogens is 424 g/mol. The van der Waals surface area contributed by atoms with Crippen molar-refractivity contribution in [3.63, 3.8) is 0 Å². The third kappa shape index (κ3) is 3.89. The number of carbonyl (C=O) groups excluding carboxylic acids is 1. The van der Waals surface area contributed by atoms with E-state index in [2.05, 4.69) is 23.2 Å². The fourth-order valence-electron chi connectivity index (χ4n) is 4.06. The molecule has 2 aromatic heterocycles. The van der Waals surface area contributed by atoms with Gasteiger partial charge in [0.25, 0.3) is 0 Å². The summed E-state index contributed by atoms with van der Waals surface area (Å²) in [5, 5.41) is 19.0. The van der Waals surface area contributed by atoms with E-state index in [1.54, 1.807) is 30.5 Å². The molecule has 162 valence electrons. The maximum Gasteiger partial charge on any atom is 0.237 e. The highest BCUT2D eigenvalue weighted by molar-refractivity contribution is 7.99. The van der Waals surface area contributed by atoms with Gasteiger partial charge in [0.05, 0.1) is 18.6 Å². The Kier molecular flexibility index (Phi) is 5.45. The van der Waals surface area contributed by atoms with E-state index >= 15 is 0 Å². The molecule has 0 bridgehead atoms. The molecule has 1 atom stereocenters. The van der Waals surface area contributed by atoms with Crippen LogP contribution in [0.1, 0.15) is 18.2 Å². The summed E-state index contributed by atoms with van der Waals surface area (Å²) in [6.45, 7) is 2.51. The second-order valence-corrected chi connectivity index (χ2v) is 8.70. The molecule has 0 aliphatic carbocycles. The van der Waals surface area contributed by atoms with E-state index < -0.39 is 0 Å². The number of hydrogen-bond acceptors (Lipinski definition) is 6. The zero-order chi connectivity index (χ0) is 22.1. The van der Waals surface area contributed by atoms with Gasteiger partial charge in [-0.15, -0.1) is 10.2 Å². The number of phenolic OH excluding ortho intramolecular Hbond substituents is 1. The Hall–Kier alpha value is -3.52. The van der Waals surface area contributed by atoms with Gasteiger partial charge in [0.1, 0.15) is 11.5 Å². The topological polar surface area (TPSA) is 84.4 Å². The standard InChI is InChI=1S/C24H22N4O3S/c1-16-13-18-5-2-3-7-21(18)28(16)22(30)15-32-24-26-25-23(17-8-10-19(29)11-9-17)27(24)14-20-6-4-12-31-20/h2-12,16,29H,13-15H2,1H3/t16-/m0/s1. The van der Waals surface area contributed by atoms with E-state index in [1.165, 1.54) is 17.3 Å². The zero-order valence-electron chi connectivity index (χ0n) is 17.5. The number of nitrogens with zero attached hydrogens (tertiary/aromatic N) is 4. The van der Waals surface area contributed by atoms with Crippen LogP contribution in [0.4, 0.5) is 5.69 Å². The molecule has 1 amide bonds. The third-order valence-corrected chi connectivity index (χ3v) is 6.49. The van der Waals surface area contributed by atoms with Gasteiger partial charge in [-0.05, 0) is 61.4 Å². The lowest BCUT2D eigenvalue weighted by molar-refractivity contribution is -0.116. The maximum atomic E-state index is 13.1. The molecule has 32 heavy (non-hydrogen) atoms. The number of phenols is 1. The number of amides is 1. The summed E-state index contributed by atoms with van der Waals surface area (Å²) in [7, 11) is 0. The number of para-hydroxylation sites is 1. The lowest BCUT2D eigenvalue weighted by atomic mass is 10.1. The molecule has 0 saturated heterocycles. The Labute approximate surface area is 189 Å². The smallest absolute Gasteiger partial charge is 0.237 e. The molecule has 5 rings (SSSR count). The van der Waals surface area contributed by atoms with E-state index in [1.807, 2.05) is 39.8 Å². The van der Waals surface area contributed by atoms with Gasteiger partial charge >= 0.3 is 0 Å². The average molecular weight is 447 g/mol. The molecule has 4 aromatic rings. The van der Waals surface area contributed by atoms with Crippen molar-refractivity contribution in [1.82, 2.24) is 14.8 Å². The number of thioether (sulfide) groups is 1. The Morgan fingerprint density at radius 2 is 1.94 bits per heavy atom. The van der Waals surface area contributed by atoms with Crippen molar-refractivity contribution in [1.29, 1.82) is 0 Å². The Morgan fingerprint density at radius 1 is 1.12 bits per heavy atom. The monoisotopic (exact) mass is 446 g/mol. The minimum Gasteiger partial charge on any atom is -0.508 e. The van der Waals surface area contributed by atoms with Gasteiger partial charge in [-0.3, -0.25) is 9.36 Å². The number of carbonyl (C=O) groups is 1. The molecule has 0 unspecified atom stereocenters. The van der Waals surface area contributed by atoms with Gasteiger partial charge in [-0.2, -0.15) is 0 Å². The van der Waals surface area contributed by atoms with Crippen LogP contribution in [0, 0.1) is 0 Å². The normalized spacial score (nSPS) is 15.2. The highest BCUT2D eigenvalue weighted by Crippen LogP contribution is 2.33. The number of rotatable bonds is 6. The minimum atomic E-state index is 0.0474. The van der Waals surface area contributed by atoms with Gasteiger partial charge in [-0.1, -0.05) is 30.0 Å². The van der Waals surface area contributed by atoms with Gasteiger partial charge in [0, 0.05) is 17.3 Å². The first kappa shape index (κ1) is 20.4. The quantitative estimate of drug-likeness (QED) is 0.443. The van der Waals surface area contributed by atoms with Crippen molar-refractivity contribution < 1.29 is 14.3 Å². The molecule has 1 aliphatic heterocycles. The molecule has 0 radical (unpaired) electrons. The maximum absolute atomic E-state index is 13.1. The third-order valence-electron chi connectivity index (χ3n) is 5.54. The van der Waals surface area contributed by atoms with Crippen molar-refractivity contribution in [3.05, 3.63) is 78.3 Å². The van der Waals surface area contributed by atoms with Crippen LogP contribution in [0.25, 0.3) is 11.4 Å². The largest absolute Gasteiger partial charge is 0.508 e. The van der Waals surface area contributed by atoms with Crippen LogP contribution in [0.5, 0.6) is 5.75 Å². The van der Waals surface area contributed by atoms with Crippen LogP contribution in [-0.2, 0) is 17.8 Å². The Bertz CT molecular complexity index is 1230. The molecular formula is C24H22N4O3S. The van der Waals surface area contributed by atoms with E-state index in [-0.39, 0.29) is 23.5 Å². The van der Waals surface area contributed by atoms with E-state index in [0.717, 1.165) is 23.4 Å². The number of anilines is 1. The first-order valence-electron chi connectivity index (χ1n) is 10.4. The predicted octanol–water partition coefficient (Wildman–Crippen LogP) is 4.36. The molecule has 0 saturated carbocycles. The summed E-state index contributed by atoms with van der Waals surface area (Å²) in [4.78, 5) is 15.0. The number of furan rings is 1. The Balaban J connectivity index is 1.40. The first-order valence-corrected chi connectivity index (χ1v) is 11.4. The fraction of sp³-hybridized carbons (Fsp3) is 0.208. The van der Waals surface area contributed by atoms with Gasteiger partial charge in [0.15, 0.2) is 11.0 Å². The summed E-state index contributed by atoms with van der Waals surface area (Å²) < 4.78 is 7.47. The summed E-state index contributed by atoms with van der Waals surface area (Å²) >= 11 is 1.37. The molecule has 1 aliphatic rings. The van der Waals surface area contributed by atoms with Gasteiger partial charge in [-0.25, -0.2) is 0 Å². The SMILES string of the molecule is C[C@H]1Cc2ccccc2N1C(=O)CSc1nnc(-c2ccc(O)cc2)n1Cc1ccco1. The first-order chi connectivity index (χ1) is 15.6. The van der Waals surface area contributed by atoms with Crippen LogP contribution >= 0.6 is 11.8 Å². The molecule has 8 heteroatoms. The van der Waals surface area contributed by atoms with Crippen LogP contribution in [0.15, 0.2) is 76.5 Å². The molecule has 3 heterocycles. The van der Waals surface area contributed by atoms with E-state index in [9.17, 15) is 9.90 Å². The van der Waals surface area contributed by atoms with Crippen molar-refractivity contribution in [2.75, 3.05) is 10.7 Å². The highest BCUT2D eigenvalue weighted by Gasteiger charge is 2.30. The zero-order valence-corrected chi connectivity index (χ0v) is 18.3. The number of aromatic nitrogens is 3. The average Bonchev–Trinajstić information content (AvgIpc) is 3.52. The second-order valence-electron chi connectivity index (χ2n) is 7.75. The van der Waals surface area contributed by atoms with E-state index in [4.69, 9.17) is 4.42 Å². The van der Waals surface area contributed by atoms with Crippen molar-refractivity contribution in [2.45, 2.75) is 31.1 Å². The van der Waals surface area contributed by atoms with E-state index in [0.29, 0.717) is 17.5 Å². The number of fused-ring (bicyclic) bond motifs is 1. The van der Waals surface area contributed by atoms with Crippen LogP contribution in [-0.4, -0.2) is 37.6 Å². The summed E-state index contributed by atoms with van der Waals surface area (Å²) in [5.41, 5.74) is 3.02. The minimum absolute atomic E-state index is 0.0474. The predicted molar refractivity (Wildman–Crippen MR) is 123 cm³/mol. The summed E-state index contributed by atoms with van der Waals surface area (Å²) in [5.74, 6) is 1.90. The Morgan fingerprint density at radius 3 is 2.72 bits per heavy atom. The highest BCUT2D eigenvalue weighted by atomic mass is 32.2. The van der Waals surface area contributed by atoms with Crippen molar-refractivity contribution in [3.8, 4) is 17.1 Å². The number of aromatic hydroxyl groups is 1. The van der Waals surface area contributed by atoms with Crippen LogP contribution in [0.2, 0.25) is 0 Å². The molecule has 7 nitrogen and oxygen atoms in total. The van der Waals surface area contributed by atoms with Crippen molar-refractivity contribution >= 4 is 23.4 Å². The molecule has 0 spiro atoms. The molecule has 2 aromatic carbocycles. The van der Waals surface area contributed by atoms with Gasteiger partial charge in [0.2, 0.25) is 5.91 Å². The number of hydrogen-bond donors (Lipinski definition) is 1. The van der Waals surface area contributed by atoms with Crippen LogP contribution in [0.3, 0.4) is 0 Å². The summed E-state index contributed by atoms with van der Waals surface area (Å²) in [6.07, 6.45) is 2.49. The lowest BCUT2D eigenvalue weighted by Gasteiger charge is -2.22. The number of benzene rings is 2. The molecule has 1 N–H and O–H groups in total. The van der Waals surface area contributed by atoms with Crippen LogP contribution < -0.4 is 4.90 Å².